The second kappa shape index (κ2) is 7.25. The van der Waals surface area contributed by atoms with Crippen molar-refractivity contribution in [1.82, 2.24) is 5.31 Å². The lowest BCUT2D eigenvalue weighted by molar-refractivity contribution is -0.156. The first kappa shape index (κ1) is 14.8. The summed E-state index contributed by atoms with van der Waals surface area (Å²) in [5, 5.41) is 57.1. The number of aliphatic hydroxyl groups excluding tert-OH is 6. The molecular formula is C11H21NO7. The number of Topliss-reactive ketones (excluding diaryl/α,β-unsaturated/α-hetero) is 1. The Balaban J connectivity index is 2.65. The molecule has 0 aromatic rings. The van der Waals surface area contributed by atoms with E-state index in [1.807, 2.05) is 0 Å². The minimum atomic E-state index is -2.02. The van der Waals surface area contributed by atoms with Crippen molar-refractivity contribution in [1.29, 1.82) is 0 Å². The highest BCUT2D eigenvalue weighted by atomic mass is 16.4. The first-order chi connectivity index (χ1) is 9.31. The van der Waals surface area contributed by atoms with Crippen LogP contribution in [0.1, 0.15) is 12.8 Å². The first-order valence-corrected chi connectivity index (χ1v) is 6.11. The van der Waals surface area contributed by atoms with Crippen LogP contribution in [-0.2, 0) is 4.79 Å². The van der Waals surface area contributed by atoms with Crippen molar-refractivity contribution in [3.8, 4) is 0 Å². The lowest BCUT2D eigenvalue weighted by Gasteiger charge is -2.28. The molecule has 0 radical (unpaired) electrons. The molecule has 1 saturated heterocycles. The van der Waals surface area contributed by atoms with Gasteiger partial charge in [0.15, 0.2) is 5.78 Å². The third-order valence-electron chi connectivity index (χ3n) is 3.21. The van der Waals surface area contributed by atoms with Gasteiger partial charge in [0.25, 0.3) is 0 Å². The van der Waals surface area contributed by atoms with Gasteiger partial charge in [-0.3, -0.25) is 4.79 Å². The highest BCUT2D eigenvalue weighted by molar-refractivity contribution is 5.88. The molecule has 1 rings (SSSR count). The minimum Gasteiger partial charge on any atom is -0.394 e. The summed E-state index contributed by atoms with van der Waals surface area (Å²) in [6, 6.07) is -0.869. The zero-order valence-corrected chi connectivity index (χ0v) is 10.3. The fourth-order valence-electron chi connectivity index (χ4n) is 1.95. The van der Waals surface area contributed by atoms with Gasteiger partial charge >= 0.3 is 0 Å². The summed E-state index contributed by atoms with van der Waals surface area (Å²) in [7, 11) is 0. The minimum absolute atomic E-state index is 0.365. The lowest BCUT2D eigenvalue weighted by Crippen LogP contribution is -2.54. The van der Waals surface area contributed by atoms with Gasteiger partial charge in [0, 0.05) is 0 Å². The molecule has 1 aliphatic heterocycles. The summed E-state index contributed by atoms with van der Waals surface area (Å²) >= 11 is 0. The zero-order valence-electron chi connectivity index (χ0n) is 11.3. The van der Waals surface area contributed by atoms with Crippen LogP contribution in [0.15, 0.2) is 0 Å². The Kier molecular flexibility index (Phi) is 5.64. The summed E-state index contributed by atoms with van der Waals surface area (Å²) in [6.45, 7) is -0.480. The maximum atomic E-state index is 11.9. The summed E-state index contributed by atoms with van der Waals surface area (Å²) < 4.78 is 7.48. The number of hydrogen-bond acceptors (Lipinski definition) is 8. The Bertz CT molecular complexity index is 332. The average molecular weight is 280 g/mol. The van der Waals surface area contributed by atoms with E-state index in [0.717, 1.165) is 5.31 Å². The SMILES string of the molecule is [2H]N1CCC[C@H]1C(=O)C(O)[C@H](O)[C@@H](O)[C@H](O)[C@H](O)CO. The number of carbonyl (C=O) groups excluding carboxylic acids is 1. The molecule has 0 amide bonds. The molecule has 0 aromatic heterocycles. The Labute approximate surface area is 111 Å². The van der Waals surface area contributed by atoms with E-state index in [4.69, 9.17) is 11.6 Å². The van der Waals surface area contributed by atoms with Gasteiger partial charge in [-0.25, -0.2) is 0 Å². The van der Waals surface area contributed by atoms with Crippen molar-refractivity contribution < 1.29 is 36.8 Å². The van der Waals surface area contributed by atoms with Crippen molar-refractivity contribution in [3.63, 3.8) is 0 Å². The summed E-state index contributed by atoms with van der Waals surface area (Å²) in [5.41, 5.74) is 0. The smallest absolute Gasteiger partial charge is 0.180 e. The predicted molar refractivity (Wildman–Crippen MR) is 63.2 cm³/mol. The van der Waals surface area contributed by atoms with E-state index in [1.54, 1.807) is 0 Å². The van der Waals surface area contributed by atoms with Crippen LogP contribution in [0.2, 0.25) is 1.41 Å². The van der Waals surface area contributed by atoms with Gasteiger partial charge in [-0.05, 0) is 19.4 Å². The summed E-state index contributed by atoms with van der Waals surface area (Å²) in [5.74, 6) is -0.824. The topological polar surface area (TPSA) is 150 Å². The van der Waals surface area contributed by atoms with Crippen molar-refractivity contribution in [2.45, 2.75) is 49.4 Å². The molecule has 0 saturated carbocycles. The molecule has 0 aromatic carbocycles. The second-order valence-electron chi connectivity index (χ2n) is 4.63. The van der Waals surface area contributed by atoms with Crippen LogP contribution in [0.3, 0.4) is 0 Å². The number of aliphatic hydroxyl groups is 6. The average Bonchev–Trinajstić information content (AvgIpc) is 2.88. The fraction of sp³-hybridized carbons (Fsp3) is 0.909. The van der Waals surface area contributed by atoms with Crippen LogP contribution >= 0.6 is 0 Å². The quantitative estimate of drug-likeness (QED) is 0.250. The van der Waals surface area contributed by atoms with Gasteiger partial charge in [-0.1, -0.05) is 0 Å². The molecular weight excluding hydrogens is 258 g/mol. The van der Waals surface area contributed by atoms with Gasteiger partial charge in [-0.2, -0.15) is 0 Å². The zero-order chi connectivity index (χ0) is 15.4. The number of ketones is 1. The molecule has 8 nitrogen and oxygen atoms in total. The van der Waals surface area contributed by atoms with Crippen LogP contribution in [0.25, 0.3) is 0 Å². The van der Waals surface area contributed by atoms with E-state index < -0.39 is 49.0 Å². The van der Waals surface area contributed by atoms with E-state index in [1.165, 1.54) is 0 Å². The molecule has 19 heavy (non-hydrogen) atoms. The highest BCUT2D eigenvalue weighted by Crippen LogP contribution is 2.14. The maximum absolute atomic E-state index is 11.9. The van der Waals surface area contributed by atoms with Crippen LogP contribution in [0.5, 0.6) is 0 Å². The number of rotatable bonds is 7. The van der Waals surface area contributed by atoms with Crippen LogP contribution in [0.4, 0.5) is 0 Å². The molecule has 7 N–H and O–H groups in total. The van der Waals surface area contributed by atoms with Crippen LogP contribution < -0.4 is 5.31 Å². The standard InChI is InChI=1S/C11H21NO7/c13-4-6(14)8(16)10(18)11(19)9(17)7(15)5-2-1-3-12-5/h5-6,8-14,16-19H,1-4H2/t5-,6+,8+,9?,10-,11-/m0/s1/i/hD. The second-order valence-corrected chi connectivity index (χ2v) is 4.63. The molecule has 1 unspecified atom stereocenters. The molecule has 8 heteroatoms. The van der Waals surface area contributed by atoms with Crippen molar-refractivity contribution >= 4 is 5.78 Å². The lowest BCUT2D eigenvalue weighted by atomic mass is 9.94. The number of nitrogens with one attached hydrogen (secondary N) is 1. The van der Waals surface area contributed by atoms with Crippen molar-refractivity contribution in [2.24, 2.45) is 0 Å². The third-order valence-corrected chi connectivity index (χ3v) is 3.21. The largest absolute Gasteiger partial charge is 0.394 e. The van der Waals surface area contributed by atoms with Crippen molar-refractivity contribution in [3.05, 3.63) is 0 Å². The Morgan fingerprint density at radius 3 is 2.32 bits per heavy atom. The predicted octanol–water partition coefficient (Wildman–Crippen LogP) is -3.90. The van der Waals surface area contributed by atoms with Gasteiger partial charge in [0.05, 0.1) is 12.6 Å². The molecule has 0 aliphatic carbocycles. The van der Waals surface area contributed by atoms with E-state index in [0.29, 0.717) is 19.4 Å². The highest BCUT2D eigenvalue weighted by Gasteiger charge is 2.39. The molecule has 6 atom stereocenters. The first-order valence-electron chi connectivity index (χ1n) is 6.56. The molecule has 112 valence electrons. The van der Waals surface area contributed by atoms with E-state index >= 15 is 0 Å². The number of hydrogen-bond donors (Lipinski definition) is 7. The maximum Gasteiger partial charge on any atom is 0.180 e. The Morgan fingerprint density at radius 1 is 1.21 bits per heavy atom. The molecule has 1 fully saturated rings. The van der Waals surface area contributed by atoms with E-state index in [-0.39, 0.29) is 0 Å². The normalized spacial score (nSPS) is 29.4. The van der Waals surface area contributed by atoms with Crippen LogP contribution in [0, 0.1) is 0 Å². The molecule has 1 heterocycles. The summed E-state index contributed by atoms with van der Waals surface area (Å²) in [4.78, 5) is 11.9. The van der Waals surface area contributed by atoms with E-state index in [2.05, 4.69) is 0 Å². The van der Waals surface area contributed by atoms with Gasteiger partial charge in [0.1, 0.15) is 31.9 Å². The Hall–Kier alpha value is -0.610. The third kappa shape index (κ3) is 3.93. The number of carbonyl (C=O) groups is 1. The molecule has 0 bridgehead atoms. The van der Waals surface area contributed by atoms with Crippen molar-refractivity contribution in [2.75, 3.05) is 13.2 Å². The molecule has 1 aliphatic rings. The monoisotopic (exact) mass is 280 g/mol. The fourth-order valence-corrected chi connectivity index (χ4v) is 1.95. The van der Waals surface area contributed by atoms with E-state index in [9.17, 15) is 25.2 Å². The van der Waals surface area contributed by atoms with Gasteiger partial charge in [0.2, 0.25) is 0 Å². The molecule has 0 spiro atoms. The summed E-state index contributed by atoms with van der Waals surface area (Å²) in [6.07, 6.45) is -8.65. The van der Waals surface area contributed by atoms with Gasteiger partial charge < -0.3 is 35.9 Å². The Morgan fingerprint density at radius 2 is 1.84 bits per heavy atom. The van der Waals surface area contributed by atoms with Gasteiger partial charge in [-0.15, -0.1) is 0 Å². The van der Waals surface area contributed by atoms with Crippen LogP contribution in [-0.4, -0.2) is 86.1 Å².